The maximum atomic E-state index is 11.5. The summed E-state index contributed by atoms with van der Waals surface area (Å²) in [4.78, 5) is 15.1. The first-order chi connectivity index (χ1) is 7.20. The zero-order valence-electron chi connectivity index (χ0n) is 8.17. The molecule has 0 spiro atoms. The minimum absolute atomic E-state index is 0.128. The van der Waals surface area contributed by atoms with Crippen LogP contribution in [0.25, 0.3) is 0 Å². The molecule has 2 heterocycles. The van der Waals surface area contributed by atoms with Gasteiger partial charge in [-0.1, -0.05) is 0 Å². The van der Waals surface area contributed by atoms with Crippen LogP contribution in [0.3, 0.4) is 0 Å². The Hall–Kier alpha value is -1.01. The molecule has 1 aromatic rings. The summed E-state index contributed by atoms with van der Waals surface area (Å²) in [7, 11) is 0. The molecule has 1 aromatic heterocycles. The third-order valence-electron chi connectivity index (χ3n) is 2.45. The molecule has 1 aliphatic heterocycles. The number of aromatic nitrogens is 2. The fraction of sp³-hybridized carbons (Fsp3) is 0.556. The molecule has 0 unspecified atom stereocenters. The van der Waals surface area contributed by atoms with Gasteiger partial charge >= 0.3 is 5.69 Å². The van der Waals surface area contributed by atoms with Crippen molar-refractivity contribution in [2.45, 2.75) is 25.2 Å². The van der Waals surface area contributed by atoms with Crippen LogP contribution in [0.15, 0.2) is 17.1 Å². The second kappa shape index (κ2) is 4.24. The van der Waals surface area contributed by atoms with Crippen LogP contribution < -0.4 is 11.4 Å². The molecule has 6 heteroatoms. The summed E-state index contributed by atoms with van der Waals surface area (Å²) in [5.74, 6) is 0.910. The van der Waals surface area contributed by atoms with Crippen LogP contribution in [0.2, 0.25) is 0 Å². The monoisotopic (exact) mass is 227 g/mol. The van der Waals surface area contributed by atoms with Crippen LogP contribution in [0, 0.1) is 0 Å². The quantitative estimate of drug-likeness (QED) is 0.719. The summed E-state index contributed by atoms with van der Waals surface area (Å²) in [6.07, 6.45) is 3.27. The Morgan fingerprint density at radius 3 is 3.07 bits per heavy atom. The van der Waals surface area contributed by atoms with Crippen LogP contribution in [0.4, 0.5) is 5.82 Å². The Bertz CT molecular complexity index is 407. The Kier molecular flexibility index (Phi) is 2.97. The van der Waals surface area contributed by atoms with Crippen molar-refractivity contribution in [1.82, 2.24) is 9.55 Å². The first-order valence-electron chi connectivity index (χ1n) is 4.81. The van der Waals surface area contributed by atoms with Gasteiger partial charge in [-0.2, -0.15) is 17.6 Å². The molecular weight excluding hydrogens is 214 g/mol. The van der Waals surface area contributed by atoms with E-state index in [2.05, 4.69) is 17.6 Å². The zero-order valence-corrected chi connectivity index (χ0v) is 9.06. The summed E-state index contributed by atoms with van der Waals surface area (Å²) in [5.41, 5.74) is 5.04. The van der Waals surface area contributed by atoms with Gasteiger partial charge in [0.25, 0.3) is 0 Å². The van der Waals surface area contributed by atoms with Gasteiger partial charge in [-0.3, -0.25) is 4.57 Å². The zero-order chi connectivity index (χ0) is 10.8. The van der Waals surface area contributed by atoms with E-state index in [1.807, 2.05) is 0 Å². The highest BCUT2D eigenvalue weighted by atomic mass is 32.1. The van der Waals surface area contributed by atoms with Gasteiger partial charge in [0.15, 0.2) is 0 Å². The van der Waals surface area contributed by atoms with Crippen molar-refractivity contribution in [3.63, 3.8) is 0 Å². The van der Waals surface area contributed by atoms with E-state index in [1.54, 1.807) is 12.3 Å². The Labute approximate surface area is 92.7 Å². The number of nitrogens with zero attached hydrogens (tertiary/aromatic N) is 2. The summed E-state index contributed by atoms with van der Waals surface area (Å²) in [5, 5.41) is 0. The SMILES string of the molecule is Nc1ccn([C@H]2CC[C@@H](CS)O2)c(=O)n1. The standard InChI is InChI=1S/C9H13N3O2S/c10-7-3-4-12(9(13)11-7)8-2-1-6(5-15)14-8/h3-4,6,8,15H,1-2,5H2,(H2,10,11,13)/t6-,8+/m0/s1. The maximum Gasteiger partial charge on any atom is 0.351 e. The second-order valence-electron chi connectivity index (χ2n) is 3.51. The van der Waals surface area contributed by atoms with Crippen molar-refractivity contribution in [2.24, 2.45) is 0 Å². The summed E-state index contributed by atoms with van der Waals surface area (Å²) in [6.45, 7) is 0. The fourth-order valence-corrected chi connectivity index (χ4v) is 1.94. The Morgan fingerprint density at radius 2 is 2.47 bits per heavy atom. The average Bonchev–Trinajstić information content (AvgIpc) is 2.66. The highest BCUT2D eigenvalue weighted by Crippen LogP contribution is 2.27. The molecule has 0 radical (unpaired) electrons. The number of hydrogen-bond donors (Lipinski definition) is 2. The molecule has 82 valence electrons. The molecule has 0 aliphatic carbocycles. The predicted molar refractivity (Wildman–Crippen MR) is 59.9 cm³/mol. The number of thiol groups is 1. The number of nitrogens with two attached hydrogens (primary N) is 1. The summed E-state index contributed by atoms with van der Waals surface area (Å²) in [6, 6.07) is 1.60. The molecule has 0 amide bonds. The van der Waals surface area contributed by atoms with E-state index in [0.717, 1.165) is 12.8 Å². The third kappa shape index (κ3) is 2.15. The first kappa shape index (κ1) is 10.5. The molecule has 2 rings (SSSR count). The summed E-state index contributed by atoms with van der Waals surface area (Å²) < 4.78 is 7.10. The van der Waals surface area contributed by atoms with Gasteiger partial charge in [-0.05, 0) is 18.9 Å². The number of anilines is 1. The van der Waals surface area contributed by atoms with E-state index >= 15 is 0 Å². The molecule has 1 aliphatic rings. The highest BCUT2D eigenvalue weighted by molar-refractivity contribution is 7.80. The van der Waals surface area contributed by atoms with E-state index in [-0.39, 0.29) is 23.8 Å². The van der Waals surface area contributed by atoms with Gasteiger partial charge in [0.2, 0.25) is 0 Å². The van der Waals surface area contributed by atoms with E-state index in [9.17, 15) is 4.79 Å². The Morgan fingerprint density at radius 1 is 1.67 bits per heavy atom. The molecule has 5 nitrogen and oxygen atoms in total. The minimum Gasteiger partial charge on any atom is -0.383 e. The van der Waals surface area contributed by atoms with Gasteiger partial charge in [0, 0.05) is 11.9 Å². The molecule has 1 saturated heterocycles. The van der Waals surface area contributed by atoms with Crippen LogP contribution in [0.5, 0.6) is 0 Å². The topological polar surface area (TPSA) is 70.1 Å². The van der Waals surface area contributed by atoms with Crippen molar-refractivity contribution < 1.29 is 4.74 Å². The van der Waals surface area contributed by atoms with Crippen molar-refractivity contribution in [1.29, 1.82) is 0 Å². The van der Waals surface area contributed by atoms with Gasteiger partial charge in [0.1, 0.15) is 12.0 Å². The van der Waals surface area contributed by atoms with Crippen molar-refractivity contribution in [3.05, 3.63) is 22.7 Å². The van der Waals surface area contributed by atoms with Crippen LogP contribution in [-0.4, -0.2) is 21.4 Å². The molecule has 1 fully saturated rings. The van der Waals surface area contributed by atoms with E-state index in [0.29, 0.717) is 5.75 Å². The number of ether oxygens (including phenoxy) is 1. The molecular formula is C9H13N3O2S. The van der Waals surface area contributed by atoms with Crippen molar-refractivity contribution in [3.8, 4) is 0 Å². The lowest BCUT2D eigenvalue weighted by atomic mass is 10.2. The first-order valence-corrected chi connectivity index (χ1v) is 5.45. The van der Waals surface area contributed by atoms with Crippen molar-refractivity contribution in [2.75, 3.05) is 11.5 Å². The second-order valence-corrected chi connectivity index (χ2v) is 3.88. The summed E-state index contributed by atoms with van der Waals surface area (Å²) >= 11 is 4.16. The van der Waals surface area contributed by atoms with Crippen LogP contribution in [-0.2, 0) is 4.74 Å². The molecule has 2 N–H and O–H groups in total. The van der Waals surface area contributed by atoms with E-state index in [4.69, 9.17) is 10.5 Å². The minimum atomic E-state index is -0.361. The van der Waals surface area contributed by atoms with Gasteiger partial charge < -0.3 is 10.5 Å². The van der Waals surface area contributed by atoms with Gasteiger partial charge in [-0.15, -0.1) is 0 Å². The number of rotatable bonds is 2. The molecule has 0 aromatic carbocycles. The lowest BCUT2D eigenvalue weighted by Crippen LogP contribution is -2.27. The van der Waals surface area contributed by atoms with Crippen LogP contribution in [0.1, 0.15) is 19.1 Å². The highest BCUT2D eigenvalue weighted by Gasteiger charge is 2.26. The average molecular weight is 227 g/mol. The lowest BCUT2D eigenvalue weighted by molar-refractivity contribution is 0.0103. The number of nitrogen functional groups attached to an aromatic ring is 1. The predicted octanol–water partition coefficient (Wildman–Crippen LogP) is 0.433. The maximum absolute atomic E-state index is 11.5. The molecule has 0 saturated carbocycles. The van der Waals surface area contributed by atoms with Crippen molar-refractivity contribution >= 4 is 18.4 Å². The molecule has 2 atom stereocenters. The van der Waals surface area contributed by atoms with Gasteiger partial charge in [-0.25, -0.2) is 4.79 Å². The lowest BCUT2D eigenvalue weighted by Gasteiger charge is -2.14. The smallest absolute Gasteiger partial charge is 0.351 e. The molecule has 0 bridgehead atoms. The number of hydrogen-bond acceptors (Lipinski definition) is 5. The van der Waals surface area contributed by atoms with Crippen LogP contribution >= 0.6 is 12.6 Å². The third-order valence-corrected chi connectivity index (χ3v) is 2.86. The fourth-order valence-electron chi connectivity index (χ4n) is 1.67. The van der Waals surface area contributed by atoms with Gasteiger partial charge in [0.05, 0.1) is 6.10 Å². The van der Waals surface area contributed by atoms with E-state index < -0.39 is 0 Å². The molecule has 15 heavy (non-hydrogen) atoms. The normalized spacial score (nSPS) is 25.7. The largest absolute Gasteiger partial charge is 0.383 e. The van der Waals surface area contributed by atoms with E-state index in [1.165, 1.54) is 4.57 Å². The Balaban J connectivity index is 2.20.